The molecule has 1 rings (SSSR count). The highest BCUT2D eigenvalue weighted by molar-refractivity contribution is 7.89. The number of terminal acetylenes is 1. The molecule has 2 N–H and O–H groups in total. The van der Waals surface area contributed by atoms with Gasteiger partial charge in [0, 0.05) is 5.69 Å². The lowest BCUT2D eigenvalue weighted by molar-refractivity contribution is 0.588. The zero-order valence-electron chi connectivity index (χ0n) is 10.6. The highest BCUT2D eigenvalue weighted by atomic mass is 32.2. The number of anilines is 1. The van der Waals surface area contributed by atoms with Crippen molar-refractivity contribution >= 4 is 15.7 Å². The average molecular weight is 266 g/mol. The van der Waals surface area contributed by atoms with Crippen LogP contribution in [0.4, 0.5) is 5.69 Å². The van der Waals surface area contributed by atoms with Gasteiger partial charge in [0.25, 0.3) is 0 Å². The van der Waals surface area contributed by atoms with Crippen molar-refractivity contribution < 1.29 is 8.42 Å². The first-order valence-electron chi connectivity index (χ1n) is 5.79. The minimum atomic E-state index is -3.38. The molecule has 98 valence electrons. The molecule has 0 saturated carbocycles. The van der Waals surface area contributed by atoms with Crippen LogP contribution in [-0.4, -0.2) is 21.5 Å². The van der Waals surface area contributed by atoms with E-state index in [-0.39, 0.29) is 10.9 Å². The third-order valence-corrected chi connectivity index (χ3v) is 3.98. The number of hydrogen-bond donors (Lipinski definition) is 2. The monoisotopic (exact) mass is 266 g/mol. The summed E-state index contributed by atoms with van der Waals surface area (Å²) in [6, 6.07) is 6.50. The smallest absolute Gasteiger partial charge is 0.240 e. The zero-order valence-corrected chi connectivity index (χ0v) is 11.4. The number of sulfonamides is 1. The molecule has 4 nitrogen and oxygen atoms in total. The van der Waals surface area contributed by atoms with Gasteiger partial charge in [0.2, 0.25) is 10.0 Å². The summed E-state index contributed by atoms with van der Waals surface area (Å²) in [4.78, 5) is 0.239. The number of benzene rings is 1. The Kier molecular flexibility index (Phi) is 5.20. The first-order chi connectivity index (χ1) is 8.53. The second-order valence-electron chi connectivity index (χ2n) is 3.88. The van der Waals surface area contributed by atoms with E-state index in [1.165, 1.54) is 7.05 Å². The average Bonchev–Trinajstić information content (AvgIpc) is 2.39. The minimum absolute atomic E-state index is 0.0262. The maximum absolute atomic E-state index is 11.5. The fourth-order valence-corrected chi connectivity index (χ4v) is 2.27. The van der Waals surface area contributed by atoms with Crippen LogP contribution in [0, 0.1) is 12.3 Å². The molecule has 0 aliphatic heterocycles. The molecule has 0 radical (unpaired) electrons. The summed E-state index contributed by atoms with van der Waals surface area (Å²) in [7, 11) is -1.99. The third-order valence-electron chi connectivity index (χ3n) is 2.55. The van der Waals surface area contributed by atoms with E-state index in [1.54, 1.807) is 24.3 Å². The molecule has 0 saturated heterocycles. The standard InChI is InChI=1S/C13H18N2O2S/c1-4-6-11(5-2)15-12-7-9-13(10-8-12)18(16,17)14-3/h2,7-11,14-15H,4,6H2,1,3H3. The molecular formula is C13H18N2O2S. The molecule has 0 fully saturated rings. The lowest BCUT2D eigenvalue weighted by Gasteiger charge is -2.13. The van der Waals surface area contributed by atoms with Crippen molar-refractivity contribution in [3.63, 3.8) is 0 Å². The van der Waals surface area contributed by atoms with Crippen molar-refractivity contribution in [3.8, 4) is 12.3 Å². The largest absolute Gasteiger partial charge is 0.372 e. The summed E-state index contributed by atoms with van der Waals surface area (Å²) < 4.78 is 25.3. The molecule has 1 unspecified atom stereocenters. The second kappa shape index (κ2) is 6.43. The summed E-state index contributed by atoms with van der Waals surface area (Å²) in [5.74, 6) is 2.67. The van der Waals surface area contributed by atoms with Crippen LogP contribution < -0.4 is 10.0 Å². The lowest BCUT2D eigenvalue weighted by atomic mass is 10.1. The van der Waals surface area contributed by atoms with Gasteiger partial charge in [0.15, 0.2) is 0 Å². The molecule has 1 aromatic rings. The molecule has 0 bridgehead atoms. The molecule has 0 heterocycles. The molecule has 5 heteroatoms. The van der Waals surface area contributed by atoms with Crippen LogP contribution in [0.1, 0.15) is 19.8 Å². The Bertz CT molecular complexity index is 515. The van der Waals surface area contributed by atoms with Crippen molar-refractivity contribution in [2.45, 2.75) is 30.7 Å². The predicted octanol–water partition coefficient (Wildman–Crippen LogP) is 1.81. The van der Waals surface area contributed by atoms with E-state index in [0.717, 1.165) is 18.5 Å². The number of hydrogen-bond acceptors (Lipinski definition) is 3. The fraction of sp³-hybridized carbons (Fsp3) is 0.385. The summed E-state index contributed by atoms with van der Waals surface area (Å²) in [5.41, 5.74) is 0.821. The Morgan fingerprint density at radius 1 is 1.33 bits per heavy atom. The Morgan fingerprint density at radius 3 is 2.39 bits per heavy atom. The quantitative estimate of drug-likeness (QED) is 0.772. The van der Waals surface area contributed by atoms with E-state index >= 15 is 0 Å². The van der Waals surface area contributed by atoms with Crippen LogP contribution in [-0.2, 0) is 10.0 Å². The van der Waals surface area contributed by atoms with E-state index in [9.17, 15) is 8.42 Å². The third kappa shape index (κ3) is 3.76. The molecular weight excluding hydrogens is 248 g/mol. The molecule has 1 atom stereocenters. The van der Waals surface area contributed by atoms with Crippen LogP contribution in [0.5, 0.6) is 0 Å². The second-order valence-corrected chi connectivity index (χ2v) is 5.77. The Balaban J connectivity index is 2.81. The maximum atomic E-state index is 11.5. The van der Waals surface area contributed by atoms with Gasteiger partial charge in [-0.3, -0.25) is 0 Å². The minimum Gasteiger partial charge on any atom is -0.372 e. The summed E-state index contributed by atoms with van der Waals surface area (Å²) in [5, 5.41) is 3.17. The van der Waals surface area contributed by atoms with Crippen molar-refractivity contribution in [3.05, 3.63) is 24.3 Å². The van der Waals surface area contributed by atoms with Crippen molar-refractivity contribution in [1.29, 1.82) is 0 Å². The summed E-state index contributed by atoms with van der Waals surface area (Å²) in [6.45, 7) is 2.06. The normalized spacial score (nSPS) is 12.7. The van der Waals surface area contributed by atoms with Gasteiger partial charge in [-0.15, -0.1) is 6.42 Å². The van der Waals surface area contributed by atoms with Gasteiger partial charge >= 0.3 is 0 Å². The van der Waals surface area contributed by atoms with E-state index < -0.39 is 10.0 Å². The fourth-order valence-electron chi connectivity index (χ4n) is 1.54. The highest BCUT2D eigenvalue weighted by Crippen LogP contribution is 2.15. The van der Waals surface area contributed by atoms with Gasteiger partial charge in [-0.25, -0.2) is 13.1 Å². The number of nitrogens with one attached hydrogen (secondary N) is 2. The first-order valence-corrected chi connectivity index (χ1v) is 7.28. The molecule has 18 heavy (non-hydrogen) atoms. The molecule has 0 aliphatic rings. The van der Waals surface area contributed by atoms with Gasteiger partial charge in [-0.05, 0) is 37.7 Å². The predicted molar refractivity (Wildman–Crippen MR) is 73.8 cm³/mol. The van der Waals surface area contributed by atoms with Crippen molar-refractivity contribution in [1.82, 2.24) is 4.72 Å². The highest BCUT2D eigenvalue weighted by Gasteiger charge is 2.11. The maximum Gasteiger partial charge on any atom is 0.240 e. The van der Waals surface area contributed by atoms with Gasteiger partial charge in [-0.1, -0.05) is 19.3 Å². The molecule has 0 spiro atoms. The van der Waals surface area contributed by atoms with E-state index in [4.69, 9.17) is 6.42 Å². The van der Waals surface area contributed by atoms with E-state index in [0.29, 0.717) is 0 Å². The van der Waals surface area contributed by atoms with Gasteiger partial charge in [-0.2, -0.15) is 0 Å². The van der Waals surface area contributed by atoms with E-state index in [2.05, 4.69) is 22.9 Å². The molecule has 0 amide bonds. The summed E-state index contributed by atoms with van der Waals surface area (Å²) in [6.07, 6.45) is 7.29. The summed E-state index contributed by atoms with van der Waals surface area (Å²) >= 11 is 0. The molecule has 0 aliphatic carbocycles. The van der Waals surface area contributed by atoms with Crippen LogP contribution in [0.2, 0.25) is 0 Å². The topological polar surface area (TPSA) is 58.2 Å². The Labute approximate surface area is 109 Å². The zero-order chi connectivity index (χ0) is 13.6. The SMILES string of the molecule is C#CC(CCC)Nc1ccc(S(=O)(=O)NC)cc1. The first kappa shape index (κ1) is 14.6. The Hall–Kier alpha value is -1.51. The van der Waals surface area contributed by atoms with Crippen molar-refractivity contribution in [2.75, 3.05) is 12.4 Å². The molecule has 1 aromatic carbocycles. The Morgan fingerprint density at radius 2 is 1.94 bits per heavy atom. The van der Waals surface area contributed by atoms with Crippen LogP contribution in [0.15, 0.2) is 29.2 Å². The van der Waals surface area contributed by atoms with Gasteiger partial charge < -0.3 is 5.32 Å². The van der Waals surface area contributed by atoms with Gasteiger partial charge in [0.05, 0.1) is 10.9 Å². The molecule has 0 aromatic heterocycles. The van der Waals surface area contributed by atoms with E-state index in [1.807, 2.05) is 0 Å². The van der Waals surface area contributed by atoms with Crippen molar-refractivity contribution in [2.24, 2.45) is 0 Å². The lowest BCUT2D eigenvalue weighted by Crippen LogP contribution is -2.19. The number of rotatable bonds is 6. The van der Waals surface area contributed by atoms with Crippen LogP contribution in [0.3, 0.4) is 0 Å². The van der Waals surface area contributed by atoms with Crippen LogP contribution in [0.25, 0.3) is 0 Å². The van der Waals surface area contributed by atoms with Crippen LogP contribution >= 0.6 is 0 Å². The van der Waals surface area contributed by atoms with Gasteiger partial charge in [0.1, 0.15) is 0 Å².